The van der Waals surface area contributed by atoms with Crippen LogP contribution < -0.4 is 10.1 Å². The fraction of sp³-hybridized carbons (Fsp3) is 0.240. The number of nitrogens with one attached hydrogen (secondary N) is 1. The molecular weight excluding hydrogens is 444 g/mol. The number of rotatable bonds is 7. The van der Waals surface area contributed by atoms with Crippen LogP contribution in [0.3, 0.4) is 0 Å². The third-order valence-electron chi connectivity index (χ3n) is 5.77. The number of nitrogens with zero attached hydrogens (tertiary/aromatic N) is 7. The highest BCUT2D eigenvalue weighted by molar-refractivity contribution is 6.08. The van der Waals surface area contributed by atoms with Gasteiger partial charge in [0.05, 0.1) is 35.7 Å². The molecule has 5 aromatic rings. The van der Waals surface area contributed by atoms with Gasteiger partial charge in [0.15, 0.2) is 12.4 Å². The Morgan fingerprint density at radius 2 is 1.91 bits per heavy atom. The van der Waals surface area contributed by atoms with E-state index in [0.717, 1.165) is 34.8 Å². The molecule has 0 saturated carbocycles. The van der Waals surface area contributed by atoms with Crippen LogP contribution in [0.15, 0.2) is 55.2 Å². The zero-order valence-corrected chi connectivity index (χ0v) is 20.1. The van der Waals surface area contributed by atoms with Gasteiger partial charge in [0.1, 0.15) is 11.3 Å². The molecule has 1 amide bonds. The van der Waals surface area contributed by atoms with Gasteiger partial charge in [-0.05, 0) is 45.4 Å². The van der Waals surface area contributed by atoms with Gasteiger partial charge in [-0.3, -0.25) is 9.48 Å². The van der Waals surface area contributed by atoms with E-state index in [1.165, 1.54) is 11.8 Å². The van der Waals surface area contributed by atoms with E-state index < -0.39 is 0 Å². The molecule has 178 valence electrons. The van der Waals surface area contributed by atoms with Crippen LogP contribution in [0.5, 0.6) is 5.75 Å². The number of fused-ring (bicyclic) bond motifs is 1. The van der Waals surface area contributed by atoms with E-state index >= 15 is 0 Å². The molecule has 10 nitrogen and oxygen atoms in total. The summed E-state index contributed by atoms with van der Waals surface area (Å²) >= 11 is 0. The summed E-state index contributed by atoms with van der Waals surface area (Å²) in [6, 6.07) is 7.88. The fourth-order valence-electron chi connectivity index (χ4n) is 3.98. The third kappa shape index (κ3) is 4.37. The first-order valence-corrected chi connectivity index (χ1v) is 11.3. The number of carbonyl (C=O) groups is 1. The second-order valence-electron chi connectivity index (χ2n) is 8.37. The van der Waals surface area contributed by atoms with Crippen LogP contribution >= 0.6 is 0 Å². The monoisotopic (exact) mass is 470 g/mol. The quantitative estimate of drug-likeness (QED) is 0.385. The highest BCUT2D eigenvalue weighted by Crippen LogP contribution is 2.24. The van der Waals surface area contributed by atoms with Gasteiger partial charge in [-0.2, -0.15) is 15.3 Å². The molecule has 1 aromatic carbocycles. The molecule has 0 atom stereocenters. The molecular formula is C25H26N8O2. The van der Waals surface area contributed by atoms with Crippen molar-refractivity contribution in [2.45, 2.75) is 41.0 Å². The van der Waals surface area contributed by atoms with Crippen LogP contribution in [-0.2, 0) is 13.3 Å². The van der Waals surface area contributed by atoms with Crippen molar-refractivity contribution in [3.8, 4) is 17.0 Å². The number of hydrogen-bond donors (Lipinski definition) is 1. The lowest BCUT2D eigenvalue weighted by Crippen LogP contribution is -2.12. The molecule has 5 rings (SSSR count). The van der Waals surface area contributed by atoms with E-state index in [-0.39, 0.29) is 12.6 Å². The number of aromatic nitrogens is 7. The van der Waals surface area contributed by atoms with Gasteiger partial charge in [0.25, 0.3) is 5.91 Å². The van der Waals surface area contributed by atoms with Crippen LogP contribution in [0.2, 0.25) is 0 Å². The molecule has 1 N–H and O–H groups in total. The maximum atomic E-state index is 13.0. The summed E-state index contributed by atoms with van der Waals surface area (Å²) in [6.45, 7) is 9.03. The Morgan fingerprint density at radius 1 is 1.06 bits per heavy atom. The van der Waals surface area contributed by atoms with Crippen LogP contribution in [0.1, 0.15) is 34.1 Å². The van der Waals surface area contributed by atoms with Crippen molar-refractivity contribution in [2.24, 2.45) is 0 Å². The van der Waals surface area contributed by atoms with E-state index in [1.807, 2.05) is 56.8 Å². The van der Waals surface area contributed by atoms with Crippen molar-refractivity contribution in [1.82, 2.24) is 34.2 Å². The van der Waals surface area contributed by atoms with E-state index in [2.05, 4.69) is 31.7 Å². The highest BCUT2D eigenvalue weighted by Gasteiger charge is 2.18. The van der Waals surface area contributed by atoms with Gasteiger partial charge in [-0.1, -0.05) is 17.7 Å². The topological polar surface area (TPSA) is 104 Å². The minimum Gasteiger partial charge on any atom is -0.471 e. The molecule has 4 heterocycles. The normalized spacial score (nSPS) is 11.2. The van der Waals surface area contributed by atoms with Crippen molar-refractivity contribution in [1.29, 1.82) is 0 Å². The van der Waals surface area contributed by atoms with Crippen LogP contribution in [0.25, 0.3) is 16.9 Å². The number of amides is 1. The predicted molar refractivity (Wildman–Crippen MR) is 131 cm³/mol. The Labute approximate surface area is 202 Å². The first-order chi connectivity index (χ1) is 16.9. The first kappa shape index (κ1) is 22.3. The van der Waals surface area contributed by atoms with E-state index in [1.54, 1.807) is 27.8 Å². The molecule has 0 saturated heterocycles. The van der Waals surface area contributed by atoms with Gasteiger partial charge in [-0.25, -0.2) is 14.2 Å². The highest BCUT2D eigenvalue weighted by atomic mass is 16.5. The predicted octanol–water partition coefficient (Wildman–Crippen LogP) is 4.02. The maximum Gasteiger partial charge on any atom is 0.261 e. The molecule has 35 heavy (non-hydrogen) atoms. The van der Waals surface area contributed by atoms with E-state index in [9.17, 15) is 4.79 Å². The third-order valence-corrected chi connectivity index (χ3v) is 5.77. The summed E-state index contributed by atoms with van der Waals surface area (Å²) in [4.78, 5) is 17.4. The Kier molecular flexibility index (Phi) is 5.77. The molecule has 0 radical (unpaired) electrons. The molecule has 0 aliphatic rings. The molecule has 0 bridgehead atoms. The summed E-state index contributed by atoms with van der Waals surface area (Å²) in [6.07, 6.45) is 8.47. The van der Waals surface area contributed by atoms with E-state index in [0.29, 0.717) is 16.9 Å². The SMILES string of the molecule is CCn1cc(-c2ccnc3c(C(=O)Nc4cnn(COc5ccc(C)cc5C)c4)cnn23)c(C)n1. The summed E-state index contributed by atoms with van der Waals surface area (Å²) in [5.41, 5.74) is 6.27. The Hall–Kier alpha value is -4.47. The van der Waals surface area contributed by atoms with Crippen molar-refractivity contribution < 1.29 is 9.53 Å². The van der Waals surface area contributed by atoms with Gasteiger partial charge in [0, 0.05) is 24.5 Å². The van der Waals surface area contributed by atoms with Crippen LogP contribution in [0.4, 0.5) is 5.69 Å². The van der Waals surface area contributed by atoms with Gasteiger partial charge >= 0.3 is 0 Å². The number of anilines is 1. The number of benzene rings is 1. The largest absolute Gasteiger partial charge is 0.471 e. The number of ether oxygens (including phenoxy) is 1. The average Bonchev–Trinajstić information content (AvgIpc) is 3.56. The lowest BCUT2D eigenvalue weighted by atomic mass is 10.1. The second-order valence-corrected chi connectivity index (χ2v) is 8.37. The molecule has 4 aromatic heterocycles. The number of aryl methyl sites for hydroxylation is 4. The van der Waals surface area contributed by atoms with Crippen LogP contribution in [0, 0.1) is 20.8 Å². The lowest BCUT2D eigenvalue weighted by molar-refractivity contribution is 0.102. The van der Waals surface area contributed by atoms with Crippen molar-refractivity contribution in [3.05, 3.63) is 77.6 Å². The standard InChI is InChI=1S/C25H26N8O2/c1-5-31-14-21(18(4)30-31)22-8-9-26-24-20(12-28-33(22)24)25(34)29-19-11-27-32(13-19)15-35-23-7-6-16(2)10-17(23)3/h6-14H,5,15H2,1-4H3,(H,29,34). The average molecular weight is 471 g/mol. The van der Waals surface area contributed by atoms with Crippen molar-refractivity contribution in [3.63, 3.8) is 0 Å². The Morgan fingerprint density at radius 3 is 2.69 bits per heavy atom. The molecule has 0 fully saturated rings. The van der Waals surface area contributed by atoms with Crippen LogP contribution in [-0.4, -0.2) is 40.1 Å². The summed E-state index contributed by atoms with van der Waals surface area (Å²) in [5.74, 6) is 0.477. The number of hydrogen-bond acceptors (Lipinski definition) is 6. The van der Waals surface area contributed by atoms with Gasteiger partial charge in [0.2, 0.25) is 0 Å². The van der Waals surface area contributed by atoms with E-state index in [4.69, 9.17) is 4.74 Å². The Balaban J connectivity index is 1.32. The lowest BCUT2D eigenvalue weighted by Gasteiger charge is -2.09. The summed E-state index contributed by atoms with van der Waals surface area (Å²) in [7, 11) is 0. The molecule has 0 spiro atoms. The molecule has 0 aliphatic carbocycles. The second kappa shape index (κ2) is 9.05. The Bertz CT molecular complexity index is 1530. The smallest absolute Gasteiger partial charge is 0.261 e. The first-order valence-electron chi connectivity index (χ1n) is 11.3. The fourth-order valence-corrected chi connectivity index (χ4v) is 3.98. The summed E-state index contributed by atoms with van der Waals surface area (Å²) in [5, 5.41) is 16.1. The molecule has 10 heteroatoms. The zero-order chi connectivity index (χ0) is 24.5. The van der Waals surface area contributed by atoms with Gasteiger partial charge < -0.3 is 10.1 Å². The van der Waals surface area contributed by atoms with Crippen molar-refractivity contribution >= 4 is 17.2 Å². The summed E-state index contributed by atoms with van der Waals surface area (Å²) < 4.78 is 11.0. The molecule has 0 unspecified atom stereocenters. The molecule has 0 aliphatic heterocycles. The minimum absolute atomic E-state index is 0.228. The van der Waals surface area contributed by atoms with Crippen molar-refractivity contribution in [2.75, 3.05) is 5.32 Å². The van der Waals surface area contributed by atoms with Gasteiger partial charge in [-0.15, -0.1) is 0 Å². The number of carbonyl (C=O) groups excluding carboxylic acids is 1. The zero-order valence-electron chi connectivity index (χ0n) is 20.1. The minimum atomic E-state index is -0.319. The maximum absolute atomic E-state index is 13.0.